The molecule has 0 bridgehead atoms. The quantitative estimate of drug-likeness (QED) is 0.829. The fourth-order valence-electron chi connectivity index (χ4n) is 2.21. The van der Waals surface area contributed by atoms with Gasteiger partial charge in [0.25, 0.3) is 5.91 Å². The van der Waals surface area contributed by atoms with Crippen LogP contribution in [-0.4, -0.2) is 52.2 Å². The molecule has 1 aromatic heterocycles. The third-order valence-corrected chi connectivity index (χ3v) is 3.14. The monoisotopic (exact) mass is 292 g/mol. The van der Waals surface area contributed by atoms with Crippen LogP contribution in [0.3, 0.4) is 0 Å². The number of alkyl halides is 3. The second-order valence-corrected chi connectivity index (χ2v) is 4.89. The third kappa shape index (κ3) is 3.62. The Morgan fingerprint density at radius 3 is 2.80 bits per heavy atom. The Kier molecular flexibility index (Phi) is 3.89. The number of nitrogens with one attached hydrogen (secondary N) is 2. The van der Waals surface area contributed by atoms with Crippen molar-refractivity contribution in [1.29, 1.82) is 0 Å². The van der Waals surface area contributed by atoms with Gasteiger partial charge in [0.2, 0.25) is 0 Å². The van der Waals surface area contributed by atoms with E-state index in [2.05, 4.69) is 10.3 Å². The first kappa shape index (κ1) is 14.6. The maximum absolute atomic E-state index is 12.2. The van der Waals surface area contributed by atoms with Crippen LogP contribution in [0.25, 0.3) is 0 Å². The van der Waals surface area contributed by atoms with Crippen molar-refractivity contribution in [3.8, 4) is 0 Å². The van der Waals surface area contributed by atoms with Gasteiger partial charge in [0.15, 0.2) is 0 Å². The van der Waals surface area contributed by atoms with E-state index in [4.69, 9.17) is 0 Å². The molecular weight excluding hydrogens is 277 g/mol. The van der Waals surface area contributed by atoms with E-state index in [1.807, 2.05) is 0 Å². The summed E-state index contributed by atoms with van der Waals surface area (Å²) in [6.45, 7) is -0.528. The normalized spacial score (nSPS) is 20.3. The Hall–Kier alpha value is -1.77. The molecule has 112 valence electrons. The van der Waals surface area contributed by atoms with Crippen molar-refractivity contribution >= 4 is 5.91 Å². The molecule has 1 aromatic rings. The van der Waals surface area contributed by atoms with Gasteiger partial charge in [-0.25, -0.2) is 4.79 Å². The number of halogens is 3. The Morgan fingerprint density at radius 2 is 2.25 bits per heavy atom. The van der Waals surface area contributed by atoms with Crippen molar-refractivity contribution in [1.82, 2.24) is 19.8 Å². The van der Waals surface area contributed by atoms with Crippen LogP contribution < -0.4 is 11.0 Å². The third-order valence-electron chi connectivity index (χ3n) is 3.14. The van der Waals surface area contributed by atoms with Gasteiger partial charge in [0.1, 0.15) is 5.69 Å². The maximum atomic E-state index is 12.2. The van der Waals surface area contributed by atoms with Crippen LogP contribution in [-0.2, 0) is 7.05 Å². The second-order valence-electron chi connectivity index (χ2n) is 4.89. The second kappa shape index (κ2) is 5.31. The van der Waals surface area contributed by atoms with Crippen LogP contribution in [0.1, 0.15) is 16.9 Å². The lowest BCUT2D eigenvalue weighted by Crippen LogP contribution is -2.39. The van der Waals surface area contributed by atoms with Crippen LogP contribution >= 0.6 is 0 Å². The van der Waals surface area contributed by atoms with Crippen molar-refractivity contribution in [2.45, 2.75) is 18.6 Å². The summed E-state index contributed by atoms with van der Waals surface area (Å²) in [5.41, 5.74) is -0.313. The van der Waals surface area contributed by atoms with Crippen molar-refractivity contribution in [2.24, 2.45) is 7.05 Å². The highest BCUT2D eigenvalue weighted by Crippen LogP contribution is 2.20. The van der Waals surface area contributed by atoms with E-state index >= 15 is 0 Å². The van der Waals surface area contributed by atoms with Gasteiger partial charge in [-0.1, -0.05) is 0 Å². The van der Waals surface area contributed by atoms with E-state index < -0.39 is 24.3 Å². The predicted molar refractivity (Wildman–Crippen MR) is 64.4 cm³/mol. The molecule has 0 radical (unpaired) electrons. The van der Waals surface area contributed by atoms with Crippen molar-refractivity contribution < 1.29 is 18.0 Å². The topological polar surface area (TPSA) is 70.1 Å². The molecule has 6 nitrogen and oxygen atoms in total. The molecule has 1 fully saturated rings. The molecule has 0 spiro atoms. The summed E-state index contributed by atoms with van der Waals surface area (Å²) < 4.78 is 37.9. The molecule has 1 aliphatic rings. The Balaban J connectivity index is 1.89. The number of carbonyl (C=O) groups is 1. The molecule has 0 aromatic carbocycles. The molecule has 1 atom stereocenters. The van der Waals surface area contributed by atoms with Gasteiger partial charge in [-0.2, -0.15) is 13.2 Å². The number of nitrogens with zero attached hydrogens (tertiary/aromatic N) is 2. The van der Waals surface area contributed by atoms with Gasteiger partial charge in [-0.05, 0) is 6.42 Å². The summed E-state index contributed by atoms with van der Waals surface area (Å²) in [7, 11) is 1.50. The smallest absolute Gasteiger partial charge is 0.347 e. The van der Waals surface area contributed by atoms with Crippen LogP contribution in [0.4, 0.5) is 13.2 Å². The lowest BCUT2D eigenvalue weighted by atomic mass is 10.2. The molecular formula is C11H15F3N4O2. The average molecular weight is 292 g/mol. The van der Waals surface area contributed by atoms with Crippen LogP contribution in [0.5, 0.6) is 0 Å². The minimum Gasteiger partial charge on any atom is -0.347 e. The highest BCUT2D eigenvalue weighted by atomic mass is 19.4. The summed E-state index contributed by atoms with van der Waals surface area (Å²) in [4.78, 5) is 26.6. The highest BCUT2D eigenvalue weighted by Gasteiger charge is 2.34. The van der Waals surface area contributed by atoms with Gasteiger partial charge in [0, 0.05) is 32.4 Å². The molecule has 1 unspecified atom stereocenters. The number of aromatic nitrogens is 2. The first-order valence-corrected chi connectivity index (χ1v) is 6.10. The summed E-state index contributed by atoms with van der Waals surface area (Å²) in [5.74, 6) is -0.485. The fourth-order valence-corrected chi connectivity index (χ4v) is 2.21. The van der Waals surface area contributed by atoms with Crippen molar-refractivity contribution in [2.75, 3.05) is 19.6 Å². The van der Waals surface area contributed by atoms with E-state index in [-0.39, 0.29) is 24.8 Å². The molecule has 0 saturated carbocycles. The lowest BCUT2D eigenvalue weighted by molar-refractivity contribution is -0.143. The van der Waals surface area contributed by atoms with Gasteiger partial charge >= 0.3 is 11.9 Å². The zero-order chi connectivity index (χ0) is 14.9. The molecule has 2 rings (SSSR count). The molecule has 1 aliphatic heterocycles. The first-order valence-electron chi connectivity index (χ1n) is 6.10. The van der Waals surface area contributed by atoms with E-state index in [0.29, 0.717) is 6.42 Å². The van der Waals surface area contributed by atoms with E-state index in [9.17, 15) is 22.8 Å². The van der Waals surface area contributed by atoms with Gasteiger partial charge in [-0.3, -0.25) is 9.69 Å². The van der Waals surface area contributed by atoms with E-state index in [0.717, 1.165) is 0 Å². The van der Waals surface area contributed by atoms with Gasteiger partial charge in [-0.15, -0.1) is 0 Å². The Labute approximate surface area is 112 Å². The van der Waals surface area contributed by atoms with Gasteiger partial charge < -0.3 is 14.9 Å². The minimum atomic E-state index is -4.23. The predicted octanol–water partition coefficient (Wildman–Crippen LogP) is 0.0798. The molecule has 2 heterocycles. The van der Waals surface area contributed by atoms with Crippen LogP contribution in [0.2, 0.25) is 0 Å². The molecule has 1 amide bonds. The number of hydrogen-bond acceptors (Lipinski definition) is 3. The number of carbonyl (C=O) groups excluding carboxylic acids is 1. The number of imidazole rings is 1. The standard InChI is InChI=1S/C11H15F3N4O2/c1-17-5-8(16-10(17)20)9(19)15-7-2-3-18(4-7)6-11(12,13)14/h5,7H,2-4,6H2,1H3,(H,15,19)(H,16,20). The van der Waals surface area contributed by atoms with Gasteiger partial charge in [0.05, 0.1) is 6.54 Å². The summed E-state index contributed by atoms with van der Waals surface area (Å²) >= 11 is 0. The SMILES string of the molecule is Cn1cc(C(=O)NC2CCN(CC(F)(F)F)C2)[nH]c1=O. The molecule has 0 aliphatic carbocycles. The number of aryl methyl sites for hydroxylation is 1. The number of likely N-dealkylation sites (tertiary alicyclic amines) is 1. The number of amides is 1. The average Bonchev–Trinajstić information content (AvgIpc) is 2.85. The summed E-state index contributed by atoms with van der Waals surface area (Å²) in [6, 6.07) is -0.339. The summed E-state index contributed by atoms with van der Waals surface area (Å²) in [6.07, 6.45) is -2.43. The number of hydrogen-bond donors (Lipinski definition) is 2. The Morgan fingerprint density at radius 1 is 1.55 bits per heavy atom. The number of rotatable bonds is 3. The zero-order valence-corrected chi connectivity index (χ0v) is 10.8. The van der Waals surface area contributed by atoms with Crippen molar-refractivity contribution in [3.05, 3.63) is 22.4 Å². The van der Waals surface area contributed by atoms with Crippen LogP contribution in [0, 0.1) is 0 Å². The number of H-pyrrole nitrogens is 1. The summed E-state index contributed by atoms with van der Waals surface area (Å²) in [5, 5.41) is 2.62. The van der Waals surface area contributed by atoms with Crippen LogP contribution in [0.15, 0.2) is 11.0 Å². The molecule has 20 heavy (non-hydrogen) atoms. The highest BCUT2D eigenvalue weighted by molar-refractivity contribution is 5.92. The maximum Gasteiger partial charge on any atom is 0.401 e. The number of aromatic amines is 1. The first-order chi connectivity index (χ1) is 9.24. The zero-order valence-electron chi connectivity index (χ0n) is 10.8. The Bertz CT molecular complexity index is 549. The van der Waals surface area contributed by atoms with E-state index in [1.165, 1.54) is 22.7 Å². The molecule has 2 N–H and O–H groups in total. The lowest BCUT2D eigenvalue weighted by Gasteiger charge is -2.18. The largest absolute Gasteiger partial charge is 0.401 e. The minimum absolute atomic E-state index is 0.103. The molecule has 1 saturated heterocycles. The van der Waals surface area contributed by atoms with E-state index in [1.54, 1.807) is 0 Å². The van der Waals surface area contributed by atoms with Crippen molar-refractivity contribution in [3.63, 3.8) is 0 Å². The fraction of sp³-hybridized carbons (Fsp3) is 0.636. The molecule has 9 heteroatoms.